The number of nitrogens with one attached hydrogen (secondary N) is 1. The molecule has 0 fully saturated rings. The average molecular weight is 290 g/mol. The Hall–Kier alpha value is -2.07. The molecular formula is C15H16ClN3O. The molecule has 104 valence electrons. The zero-order valence-electron chi connectivity index (χ0n) is 11.2. The number of nitrogens with zero attached hydrogens (tertiary/aromatic N) is 1. The Kier molecular flexibility index (Phi) is 4.58. The molecule has 20 heavy (non-hydrogen) atoms. The minimum absolute atomic E-state index is 0.109. The summed E-state index contributed by atoms with van der Waals surface area (Å²) in [6, 6.07) is 9.32. The number of rotatable bonds is 4. The Balaban J connectivity index is 1.96. The minimum Gasteiger partial charge on any atom is -0.399 e. The summed E-state index contributed by atoms with van der Waals surface area (Å²) in [6.45, 7) is 1.89. The van der Waals surface area contributed by atoms with Gasteiger partial charge in [-0.1, -0.05) is 29.8 Å². The highest BCUT2D eigenvalue weighted by atomic mass is 35.5. The van der Waals surface area contributed by atoms with Crippen LogP contribution >= 0.6 is 11.6 Å². The van der Waals surface area contributed by atoms with Gasteiger partial charge in [-0.3, -0.25) is 4.79 Å². The molecule has 0 spiro atoms. The van der Waals surface area contributed by atoms with Gasteiger partial charge in [0, 0.05) is 18.3 Å². The van der Waals surface area contributed by atoms with Gasteiger partial charge in [0.25, 0.3) is 0 Å². The molecule has 2 aromatic rings. The third-order valence-corrected chi connectivity index (χ3v) is 3.23. The largest absolute Gasteiger partial charge is 0.399 e. The summed E-state index contributed by atoms with van der Waals surface area (Å²) in [5.41, 5.74) is 8.99. The van der Waals surface area contributed by atoms with Crippen molar-refractivity contribution >= 4 is 28.9 Å². The van der Waals surface area contributed by atoms with E-state index in [2.05, 4.69) is 10.3 Å². The van der Waals surface area contributed by atoms with Crippen LogP contribution in [0.1, 0.15) is 17.5 Å². The predicted molar refractivity (Wildman–Crippen MR) is 81.8 cm³/mol. The molecule has 2 rings (SSSR count). The quantitative estimate of drug-likeness (QED) is 0.671. The summed E-state index contributed by atoms with van der Waals surface area (Å²) in [5, 5.41) is 3.06. The first-order valence-corrected chi connectivity index (χ1v) is 6.69. The standard InChI is InChI=1S/C15H16ClN3O/c1-10-8-13(15(16)18-9-10)19-14(20)7-6-11-4-2-3-5-12(11)17/h2-5,8-9H,6-7,17H2,1H3,(H,19,20). The molecule has 1 aromatic heterocycles. The molecule has 0 saturated carbocycles. The number of para-hydroxylation sites is 1. The van der Waals surface area contributed by atoms with Crippen molar-refractivity contribution < 1.29 is 4.79 Å². The lowest BCUT2D eigenvalue weighted by Crippen LogP contribution is -2.13. The van der Waals surface area contributed by atoms with Gasteiger partial charge in [0.2, 0.25) is 5.91 Å². The molecular weight excluding hydrogens is 274 g/mol. The van der Waals surface area contributed by atoms with E-state index in [0.717, 1.165) is 11.1 Å². The highest BCUT2D eigenvalue weighted by Crippen LogP contribution is 2.20. The normalized spacial score (nSPS) is 10.3. The highest BCUT2D eigenvalue weighted by Gasteiger charge is 2.08. The maximum absolute atomic E-state index is 11.9. The second-order valence-corrected chi connectivity index (χ2v) is 4.96. The number of halogens is 1. The van der Waals surface area contributed by atoms with Crippen LogP contribution < -0.4 is 11.1 Å². The maximum atomic E-state index is 11.9. The van der Waals surface area contributed by atoms with Gasteiger partial charge in [0.1, 0.15) is 0 Å². The summed E-state index contributed by atoms with van der Waals surface area (Å²) in [5.74, 6) is -0.109. The molecule has 3 N–H and O–H groups in total. The Morgan fingerprint density at radius 3 is 2.90 bits per heavy atom. The molecule has 1 heterocycles. The van der Waals surface area contributed by atoms with E-state index in [4.69, 9.17) is 17.3 Å². The van der Waals surface area contributed by atoms with Gasteiger partial charge < -0.3 is 11.1 Å². The molecule has 1 aromatic carbocycles. The van der Waals surface area contributed by atoms with Gasteiger partial charge in [0.05, 0.1) is 5.69 Å². The van der Waals surface area contributed by atoms with Crippen LogP contribution in [-0.4, -0.2) is 10.9 Å². The van der Waals surface area contributed by atoms with E-state index in [9.17, 15) is 4.79 Å². The molecule has 0 aliphatic carbocycles. The van der Waals surface area contributed by atoms with Crippen LogP contribution in [0.5, 0.6) is 0 Å². The number of amides is 1. The molecule has 0 bridgehead atoms. The number of nitrogens with two attached hydrogens (primary N) is 1. The number of carbonyl (C=O) groups is 1. The molecule has 4 nitrogen and oxygen atoms in total. The van der Waals surface area contributed by atoms with Crippen LogP contribution in [-0.2, 0) is 11.2 Å². The smallest absolute Gasteiger partial charge is 0.224 e. The van der Waals surface area contributed by atoms with Gasteiger partial charge in [-0.15, -0.1) is 0 Å². The molecule has 0 atom stereocenters. The highest BCUT2D eigenvalue weighted by molar-refractivity contribution is 6.32. The summed E-state index contributed by atoms with van der Waals surface area (Å²) in [6.07, 6.45) is 2.59. The van der Waals surface area contributed by atoms with Gasteiger partial charge in [-0.2, -0.15) is 0 Å². The van der Waals surface area contributed by atoms with E-state index in [1.165, 1.54) is 0 Å². The van der Waals surface area contributed by atoms with Gasteiger partial charge in [-0.25, -0.2) is 4.98 Å². The monoisotopic (exact) mass is 289 g/mol. The van der Waals surface area contributed by atoms with E-state index >= 15 is 0 Å². The third kappa shape index (κ3) is 3.71. The Morgan fingerprint density at radius 2 is 2.15 bits per heavy atom. The summed E-state index contributed by atoms with van der Waals surface area (Å²) in [7, 11) is 0. The van der Waals surface area contributed by atoms with Crippen molar-refractivity contribution in [1.29, 1.82) is 0 Å². The number of hydrogen-bond acceptors (Lipinski definition) is 3. The Labute approximate surface area is 123 Å². The first kappa shape index (κ1) is 14.3. The fourth-order valence-corrected chi connectivity index (χ4v) is 2.01. The zero-order chi connectivity index (χ0) is 14.5. The van der Waals surface area contributed by atoms with Crippen molar-refractivity contribution in [1.82, 2.24) is 4.98 Å². The van der Waals surface area contributed by atoms with Crippen LogP contribution in [0.4, 0.5) is 11.4 Å². The Bertz CT molecular complexity index is 628. The van der Waals surface area contributed by atoms with E-state index < -0.39 is 0 Å². The van der Waals surface area contributed by atoms with Crippen LogP contribution in [0.2, 0.25) is 5.15 Å². The summed E-state index contributed by atoms with van der Waals surface area (Å²) >= 11 is 5.94. The van der Waals surface area contributed by atoms with Crippen molar-refractivity contribution in [2.45, 2.75) is 19.8 Å². The second kappa shape index (κ2) is 6.39. The number of hydrogen-bond donors (Lipinski definition) is 2. The fraction of sp³-hybridized carbons (Fsp3) is 0.200. The van der Waals surface area contributed by atoms with Gasteiger partial charge >= 0.3 is 0 Å². The van der Waals surface area contributed by atoms with Crippen LogP contribution in [0.25, 0.3) is 0 Å². The SMILES string of the molecule is Cc1cnc(Cl)c(NC(=O)CCc2ccccc2N)c1. The predicted octanol–water partition coefficient (Wildman–Crippen LogP) is 3.20. The van der Waals surface area contributed by atoms with Crippen LogP contribution in [0.3, 0.4) is 0 Å². The van der Waals surface area contributed by atoms with E-state index in [0.29, 0.717) is 29.4 Å². The van der Waals surface area contributed by atoms with Crippen molar-refractivity contribution in [2.24, 2.45) is 0 Å². The lowest BCUT2D eigenvalue weighted by Gasteiger charge is -2.08. The minimum atomic E-state index is -0.109. The molecule has 0 radical (unpaired) electrons. The molecule has 5 heteroatoms. The number of aromatic nitrogens is 1. The number of carbonyl (C=O) groups excluding carboxylic acids is 1. The number of anilines is 2. The zero-order valence-corrected chi connectivity index (χ0v) is 11.9. The van der Waals surface area contributed by atoms with Gasteiger partial charge in [0.15, 0.2) is 5.15 Å². The molecule has 0 saturated heterocycles. The second-order valence-electron chi connectivity index (χ2n) is 4.60. The topological polar surface area (TPSA) is 68.0 Å². The lowest BCUT2D eigenvalue weighted by atomic mass is 10.1. The third-order valence-electron chi connectivity index (χ3n) is 2.93. The van der Waals surface area contributed by atoms with Gasteiger partial charge in [-0.05, 0) is 36.6 Å². The summed E-state index contributed by atoms with van der Waals surface area (Å²) in [4.78, 5) is 15.9. The first-order valence-electron chi connectivity index (χ1n) is 6.31. The van der Waals surface area contributed by atoms with Crippen molar-refractivity contribution in [3.63, 3.8) is 0 Å². The van der Waals surface area contributed by atoms with E-state index in [-0.39, 0.29) is 5.91 Å². The first-order chi connectivity index (χ1) is 9.56. The summed E-state index contributed by atoms with van der Waals surface area (Å²) < 4.78 is 0. The van der Waals surface area contributed by atoms with Crippen molar-refractivity contribution in [3.05, 3.63) is 52.8 Å². The Morgan fingerprint density at radius 1 is 1.40 bits per heavy atom. The number of aryl methyl sites for hydroxylation is 2. The van der Waals surface area contributed by atoms with Crippen LogP contribution in [0.15, 0.2) is 36.5 Å². The fourth-order valence-electron chi connectivity index (χ4n) is 1.86. The molecule has 0 aliphatic heterocycles. The van der Waals surface area contributed by atoms with Crippen LogP contribution in [0, 0.1) is 6.92 Å². The number of nitrogen functional groups attached to an aromatic ring is 1. The lowest BCUT2D eigenvalue weighted by molar-refractivity contribution is -0.116. The number of pyridine rings is 1. The van der Waals surface area contributed by atoms with E-state index in [1.54, 1.807) is 12.3 Å². The number of benzene rings is 1. The molecule has 0 unspecified atom stereocenters. The van der Waals surface area contributed by atoms with Crippen molar-refractivity contribution in [3.8, 4) is 0 Å². The molecule has 1 amide bonds. The van der Waals surface area contributed by atoms with E-state index in [1.807, 2.05) is 31.2 Å². The van der Waals surface area contributed by atoms with Crippen molar-refractivity contribution in [2.75, 3.05) is 11.1 Å². The maximum Gasteiger partial charge on any atom is 0.224 e. The molecule has 0 aliphatic rings. The average Bonchev–Trinajstić information content (AvgIpc) is 2.42.